The molecular weight excluding hydrogens is 1170 g/mol. The van der Waals surface area contributed by atoms with Gasteiger partial charge in [-0.05, 0) is 297 Å². The highest BCUT2D eigenvalue weighted by Crippen LogP contribution is 2.70. The van der Waals surface area contributed by atoms with Gasteiger partial charge in [0.2, 0.25) is 0 Å². The van der Waals surface area contributed by atoms with Crippen LogP contribution in [0.1, 0.15) is 235 Å². The second-order valence-electron chi connectivity index (χ2n) is 36.1. The lowest BCUT2D eigenvalue weighted by Gasteiger charge is -2.57. The predicted octanol–water partition coefficient (Wildman–Crippen LogP) is 12.7. The molecule has 8 N–H and O–H groups in total. The third-order valence-corrected chi connectivity index (χ3v) is 32.7. The Balaban J connectivity index is 0.000000113. The number of carbonyl (C=O) groups is 6. The number of aliphatic hydroxyl groups is 5. The van der Waals surface area contributed by atoms with E-state index in [1.807, 2.05) is 31.2 Å². The molecule has 0 bridgehead atoms. The Hall–Kier alpha value is -3.46. The molecule has 16 unspecified atom stereocenters. The van der Waals surface area contributed by atoms with Crippen molar-refractivity contribution in [2.75, 3.05) is 13.2 Å². The van der Waals surface area contributed by atoms with E-state index in [2.05, 4.69) is 48.5 Å². The van der Waals surface area contributed by atoms with E-state index in [9.17, 15) is 59.4 Å². The molecule has 28 atom stereocenters. The highest BCUT2D eigenvalue weighted by molar-refractivity contribution is 5.93. The summed E-state index contributed by atoms with van der Waals surface area (Å²) in [5.74, 6) is 11.6. The maximum absolute atomic E-state index is 11.8. The minimum atomic E-state index is -1.57. The molecule has 0 heterocycles. The number of aldehydes is 1. The summed E-state index contributed by atoms with van der Waals surface area (Å²) in [6, 6.07) is 0. The summed E-state index contributed by atoms with van der Waals surface area (Å²) in [5.41, 5.74) is 6.41. The van der Waals surface area contributed by atoms with E-state index in [1.165, 1.54) is 28.7 Å². The van der Waals surface area contributed by atoms with Crippen LogP contribution in [0.4, 0.5) is 0 Å². The minimum Gasteiger partial charge on any atom is -0.479 e. The third kappa shape index (κ3) is 10.5. The Labute approximate surface area is 555 Å². The van der Waals surface area contributed by atoms with Crippen LogP contribution < -0.4 is 5.73 Å². The van der Waals surface area contributed by atoms with Gasteiger partial charge in [0, 0.05) is 53.9 Å². The lowest BCUT2D eigenvalue weighted by molar-refractivity contribution is -0.181. The first kappa shape index (κ1) is 68.1. The number of nitrogens with two attached hydrogens (primary N) is 1. The number of carboxylic acids is 1. The molecule has 0 aromatic rings. The molecule has 16 aliphatic rings. The first-order valence-corrected chi connectivity index (χ1v) is 37.8. The summed E-state index contributed by atoms with van der Waals surface area (Å²) in [7, 11) is 0. The quantitative estimate of drug-likeness (QED) is 0.130. The average Bonchev–Trinajstić information content (AvgIpc) is 1.66. The number of aliphatic hydroxyl groups excluding tert-OH is 1. The number of ketones is 4. The van der Waals surface area contributed by atoms with Crippen molar-refractivity contribution in [1.29, 1.82) is 0 Å². The normalized spacial score (nSPS) is 51.9. The van der Waals surface area contributed by atoms with E-state index in [4.69, 9.17) is 5.73 Å². The van der Waals surface area contributed by atoms with Crippen molar-refractivity contribution < 1.29 is 59.4 Å². The molecule has 16 aliphatic carbocycles. The fraction of sp³-hybridized carbons (Fsp3) is 0.825. The first-order chi connectivity index (χ1) is 44.0. The Morgan fingerprint density at radius 2 is 0.742 bits per heavy atom. The molecule has 0 saturated heterocycles. The largest absolute Gasteiger partial charge is 0.479 e. The fourth-order valence-electron chi connectivity index (χ4n) is 27.8. The van der Waals surface area contributed by atoms with E-state index < -0.39 is 33.8 Å². The molecule has 0 spiro atoms. The van der Waals surface area contributed by atoms with Gasteiger partial charge < -0.3 is 41.2 Å². The molecule has 12 saturated carbocycles. The van der Waals surface area contributed by atoms with Gasteiger partial charge in [0.05, 0.1) is 17.8 Å². The van der Waals surface area contributed by atoms with Crippen LogP contribution in [0.3, 0.4) is 0 Å². The van der Waals surface area contributed by atoms with Gasteiger partial charge in [-0.2, -0.15) is 0 Å². The number of carbonyl (C=O) groups excluding carboxylic acids is 5. The number of fused-ring (bicyclic) bond motifs is 20. The summed E-state index contributed by atoms with van der Waals surface area (Å²) in [4.78, 5) is 70.6. The maximum Gasteiger partial charge on any atom is 0.336 e. The predicted molar refractivity (Wildman–Crippen MR) is 356 cm³/mol. The summed E-state index contributed by atoms with van der Waals surface area (Å²) < 4.78 is 0. The first-order valence-electron chi connectivity index (χ1n) is 37.8. The van der Waals surface area contributed by atoms with Crippen molar-refractivity contribution in [3.05, 3.63) is 46.6 Å². The Bertz CT molecular complexity index is 3030. The van der Waals surface area contributed by atoms with Crippen LogP contribution >= 0.6 is 0 Å². The van der Waals surface area contributed by atoms with Gasteiger partial charge in [-0.1, -0.05) is 77.7 Å². The molecular formula is C80H117NO12. The Morgan fingerprint density at radius 1 is 0.441 bits per heavy atom. The van der Waals surface area contributed by atoms with Crippen molar-refractivity contribution >= 4 is 35.4 Å². The zero-order valence-electron chi connectivity index (χ0n) is 57.9. The standard InChI is InChI=1S/C20H31NO2.C20H28O4.C20H30O3.C20H28O3/c1-12-9-13-10-14(22)3-4-15(13)16-5-7-19(2)17(18(12)16)6-8-20(19,23)11-21;1-11-9-12-10-13(21)3-4-14(12)15-5-7-19(2)16(17(11)15)6-8-20(19,24)18(22)23;2*1-12-9-13-10-14(22)3-4-15(13)16-5-7-19(2)17(18(12)16)6-8-20(19,23)11-21/h10,12,15-18,23H,3-9,11,21H2,1-2H3;10-11,14-17,24H,3-9H2,1-2H3,(H,22,23);10,12,15-18,21,23H,3-9,11H2,1-2H3;10-12,15-18,23H,3-9H2,1-2H3/t12-,15?,16?,17?,18?,19+,20-;11-,14?,15?,16?,17?,19+,20-;2*12-,15?,16?,17?,18?,19+,20-/m1111/s1. The number of carboxylic acid groups (broad SMARTS) is 1. The molecule has 13 nitrogen and oxygen atoms in total. The molecule has 0 aliphatic heterocycles. The lowest BCUT2D eigenvalue weighted by Crippen LogP contribution is -2.57. The van der Waals surface area contributed by atoms with Gasteiger partial charge in [-0.15, -0.1) is 0 Å². The molecule has 0 radical (unpaired) electrons. The number of aliphatic carboxylic acids is 1. The minimum absolute atomic E-state index is 0.0110. The Morgan fingerprint density at radius 3 is 1.09 bits per heavy atom. The van der Waals surface area contributed by atoms with Crippen LogP contribution in [0.2, 0.25) is 0 Å². The van der Waals surface area contributed by atoms with E-state index >= 15 is 0 Å². The van der Waals surface area contributed by atoms with Crippen molar-refractivity contribution in [1.82, 2.24) is 0 Å². The van der Waals surface area contributed by atoms with Crippen LogP contribution in [0.5, 0.6) is 0 Å². The molecule has 514 valence electrons. The lowest BCUT2D eigenvalue weighted by atomic mass is 9.48. The van der Waals surface area contributed by atoms with E-state index in [0.29, 0.717) is 163 Å². The molecule has 0 amide bonds. The number of rotatable bonds is 4. The summed E-state index contributed by atoms with van der Waals surface area (Å²) in [6.45, 7) is 18.3. The zero-order valence-corrected chi connectivity index (χ0v) is 57.9. The second kappa shape index (κ2) is 24.5. The second-order valence-corrected chi connectivity index (χ2v) is 36.1. The van der Waals surface area contributed by atoms with Gasteiger partial charge in [-0.25, -0.2) is 4.79 Å². The van der Waals surface area contributed by atoms with Crippen LogP contribution in [-0.2, 0) is 28.8 Å². The Kier molecular flexibility index (Phi) is 17.9. The van der Waals surface area contributed by atoms with E-state index in [0.717, 1.165) is 153 Å². The summed E-state index contributed by atoms with van der Waals surface area (Å²) in [5, 5.41) is 63.4. The van der Waals surface area contributed by atoms with Gasteiger partial charge in [0.25, 0.3) is 0 Å². The van der Waals surface area contributed by atoms with E-state index in [-0.39, 0.29) is 34.6 Å². The molecule has 12 fully saturated rings. The van der Waals surface area contributed by atoms with E-state index in [1.54, 1.807) is 0 Å². The van der Waals surface area contributed by atoms with Crippen molar-refractivity contribution in [2.24, 2.45) is 146 Å². The molecule has 0 aromatic heterocycles. The fourth-order valence-corrected chi connectivity index (χ4v) is 27.8. The van der Waals surface area contributed by atoms with Gasteiger partial charge in [0.15, 0.2) is 35.0 Å². The van der Waals surface area contributed by atoms with Gasteiger partial charge >= 0.3 is 5.97 Å². The van der Waals surface area contributed by atoms with Crippen LogP contribution in [0.15, 0.2) is 46.6 Å². The van der Waals surface area contributed by atoms with Gasteiger partial charge in [0.1, 0.15) is 5.60 Å². The highest BCUT2D eigenvalue weighted by Gasteiger charge is 2.69. The smallest absolute Gasteiger partial charge is 0.336 e. The van der Waals surface area contributed by atoms with Crippen molar-refractivity contribution in [3.8, 4) is 0 Å². The molecule has 0 aromatic carbocycles. The SMILES string of the molecule is C[C@@H]1CC2=CC(=O)CCC2C2CC[C@@]3(C)C(CC[C@@]3(O)C(=O)O)C21.C[C@@H]1CC2=CC(=O)CCC2C2CC[C@@]3(C)C(CC[C@@]3(O)C=O)C21.C[C@@H]1CC2=CC(=O)CCC2C2CC[C@@]3(C)C(CC[C@@]3(O)CN)C21.C[C@@H]1CC2=CC(=O)CCC2C2CC[C@@]3(C)C(CC[C@@]3(O)CO)C21. The molecule has 93 heavy (non-hydrogen) atoms. The van der Waals surface area contributed by atoms with Crippen molar-refractivity contribution in [2.45, 2.75) is 258 Å². The molecule has 16 rings (SSSR count). The molecule has 13 heteroatoms. The van der Waals surface area contributed by atoms with Crippen LogP contribution in [0.25, 0.3) is 0 Å². The zero-order chi connectivity index (χ0) is 66.5. The highest BCUT2D eigenvalue weighted by atomic mass is 16.4. The van der Waals surface area contributed by atoms with Crippen LogP contribution in [0, 0.1) is 140 Å². The number of allylic oxidation sites excluding steroid dienone is 4. The average molecular weight is 1280 g/mol. The summed E-state index contributed by atoms with van der Waals surface area (Å²) in [6.07, 6.45) is 34.4. The van der Waals surface area contributed by atoms with Crippen molar-refractivity contribution in [3.63, 3.8) is 0 Å². The van der Waals surface area contributed by atoms with Crippen LogP contribution in [-0.4, -0.2) is 102 Å². The third-order valence-electron chi connectivity index (χ3n) is 32.7. The maximum atomic E-state index is 11.8. The monoisotopic (exact) mass is 1280 g/mol. The summed E-state index contributed by atoms with van der Waals surface area (Å²) >= 11 is 0. The number of hydrogen-bond donors (Lipinski definition) is 7. The number of hydrogen-bond acceptors (Lipinski definition) is 12. The topological polar surface area (TPSA) is 250 Å². The van der Waals surface area contributed by atoms with Gasteiger partial charge in [-0.3, -0.25) is 19.2 Å².